The van der Waals surface area contributed by atoms with Crippen molar-refractivity contribution in [2.45, 2.75) is 33.1 Å². The van der Waals surface area contributed by atoms with Gasteiger partial charge in [-0.1, -0.05) is 13.8 Å². The van der Waals surface area contributed by atoms with Gasteiger partial charge in [0.05, 0.1) is 18.9 Å². The Morgan fingerprint density at radius 1 is 1.25 bits per heavy atom. The summed E-state index contributed by atoms with van der Waals surface area (Å²) in [7, 11) is 1.64. The second-order valence-electron chi connectivity index (χ2n) is 7.28. The van der Waals surface area contributed by atoms with Crippen LogP contribution in [0, 0.1) is 23.7 Å². The number of hydrogen-bond acceptors (Lipinski definition) is 3. The molecule has 1 aromatic rings. The number of carbonyl (C=O) groups excluding carboxylic acids is 1. The molecule has 5 nitrogen and oxygen atoms in total. The maximum Gasteiger partial charge on any atom is 0.307 e. The van der Waals surface area contributed by atoms with Gasteiger partial charge < -0.3 is 14.7 Å². The Morgan fingerprint density at radius 2 is 1.96 bits per heavy atom. The van der Waals surface area contributed by atoms with Gasteiger partial charge in [0.1, 0.15) is 5.75 Å². The lowest BCUT2D eigenvalue weighted by molar-refractivity contribution is -0.152. The van der Waals surface area contributed by atoms with Crippen molar-refractivity contribution < 1.29 is 19.4 Å². The SMILES string of the molecule is COc1ccc2c(c1)CC(C(C)C)CN2C(=O)C1CCC1C(=O)O. The Labute approximate surface area is 142 Å². The van der Waals surface area contributed by atoms with Crippen molar-refractivity contribution in [3.63, 3.8) is 0 Å². The van der Waals surface area contributed by atoms with E-state index < -0.39 is 11.9 Å². The van der Waals surface area contributed by atoms with Gasteiger partial charge in [-0.15, -0.1) is 0 Å². The van der Waals surface area contributed by atoms with Crippen LogP contribution in [0.3, 0.4) is 0 Å². The van der Waals surface area contributed by atoms with Gasteiger partial charge in [0.2, 0.25) is 5.91 Å². The van der Waals surface area contributed by atoms with E-state index in [1.807, 2.05) is 23.1 Å². The highest BCUT2D eigenvalue weighted by molar-refractivity contribution is 5.99. The Balaban J connectivity index is 1.92. The molecule has 0 radical (unpaired) electrons. The number of rotatable bonds is 4. The van der Waals surface area contributed by atoms with Crippen molar-refractivity contribution in [2.24, 2.45) is 23.7 Å². The average molecular weight is 331 g/mol. The van der Waals surface area contributed by atoms with E-state index in [9.17, 15) is 14.7 Å². The molecule has 1 N–H and O–H groups in total. The van der Waals surface area contributed by atoms with E-state index in [0.29, 0.717) is 31.2 Å². The first-order chi connectivity index (χ1) is 11.4. The number of benzene rings is 1. The molecule has 1 heterocycles. The first kappa shape index (κ1) is 16.8. The largest absolute Gasteiger partial charge is 0.497 e. The number of carboxylic acid groups (broad SMARTS) is 1. The monoisotopic (exact) mass is 331 g/mol. The highest BCUT2D eigenvalue weighted by Gasteiger charge is 2.44. The maximum absolute atomic E-state index is 13.0. The van der Waals surface area contributed by atoms with Gasteiger partial charge in [0.25, 0.3) is 0 Å². The molecule has 0 saturated heterocycles. The second kappa shape index (κ2) is 6.46. The molecule has 3 atom stereocenters. The molecule has 3 rings (SSSR count). The molecule has 1 saturated carbocycles. The number of carbonyl (C=O) groups is 2. The van der Waals surface area contributed by atoms with Gasteiger partial charge in [-0.05, 0) is 54.9 Å². The van der Waals surface area contributed by atoms with Crippen molar-refractivity contribution in [3.8, 4) is 5.75 Å². The standard InChI is InChI=1S/C19H25NO4/c1-11(2)13-8-12-9-14(24-3)4-7-17(12)20(10-13)18(21)15-5-6-16(15)19(22)23/h4,7,9,11,13,15-16H,5-6,8,10H2,1-3H3,(H,22,23). The summed E-state index contributed by atoms with van der Waals surface area (Å²) in [5, 5.41) is 9.27. The van der Waals surface area contributed by atoms with Crippen LogP contribution in [0.4, 0.5) is 5.69 Å². The number of aliphatic carboxylic acids is 1. The maximum atomic E-state index is 13.0. The lowest BCUT2D eigenvalue weighted by atomic mass is 9.72. The molecule has 3 unspecified atom stereocenters. The van der Waals surface area contributed by atoms with E-state index in [-0.39, 0.29) is 11.8 Å². The highest BCUT2D eigenvalue weighted by atomic mass is 16.5. The van der Waals surface area contributed by atoms with Gasteiger partial charge in [-0.3, -0.25) is 9.59 Å². The van der Waals surface area contributed by atoms with Crippen molar-refractivity contribution >= 4 is 17.6 Å². The second-order valence-corrected chi connectivity index (χ2v) is 7.28. The minimum atomic E-state index is -0.855. The molecule has 1 aromatic carbocycles. The van der Waals surface area contributed by atoms with Crippen LogP contribution in [0.2, 0.25) is 0 Å². The van der Waals surface area contributed by atoms with Gasteiger partial charge in [-0.2, -0.15) is 0 Å². The van der Waals surface area contributed by atoms with Crippen LogP contribution < -0.4 is 9.64 Å². The van der Waals surface area contributed by atoms with E-state index in [1.54, 1.807) is 7.11 Å². The summed E-state index contributed by atoms with van der Waals surface area (Å²) in [5.74, 6) is -0.190. The molecule has 1 fully saturated rings. The number of ether oxygens (including phenoxy) is 1. The predicted molar refractivity (Wildman–Crippen MR) is 91.2 cm³/mol. The molecule has 2 aliphatic rings. The summed E-state index contributed by atoms with van der Waals surface area (Å²) in [6.07, 6.45) is 2.19. The van der Waals surface area contributed by atoms with Crippen LogP contribution in [0.25, 0.3) is 0 Å². The minimum Gasteiger partial charge on any atom is -0.497 e. The van der Waals surface area contributed by atoms with Gasteiger partial charge >= 0.3 is 5.97 Å². The number of methoxy groups -OCH3 is 1. The lowest BCUT2D eigenvalue weighted by Gasteiger charge is -2.41. The summed E-state index contributed by atoms with van der Waals surface area (Å²) in [5.41, 5.74) is 2.02. The van der Waals surface area contributed by atoms with Crippen LogP contribution in [0.5, 0.6) is 5.75 Å². The van der Waals surface area contributed by atoms with Gasteiger partial charge in [-0.25, -0.2) is 0 Å². The summed E-state index contributed by atoms with van der Waals surface area (Å²) in [6.45, 7) is 5.00. The quantitative estimate of drug-likeness (QED) is 0.921. The Kier molecular flexibility index (Phi) is 4.52. The lowest BCUT2D eigenvalue weighted by Crippen LogP contribution is -2.50. The zero-order valence-corrected chi connectivity index (χ0v) is 14.5. The van der Waals surface area contributed by atoms with Crippen molar-refractivity contribution in [2.75, 3.05) is 18.6 Å². The third-order valence-electron chi connectivity index (χ3n) is 5.59. The molecule has 0 bridgehead atoms. The fourth-order valence-electron chi connectivity index (χ4n) is 3.74. The first-order valence-corrected chi connectivity index (χ1v) is 8.63. The van der Waals surface area contributed by atoms with E-state index in [2.05, 4.69) is 13.8 Å². The van der Waals surface area contributed by atoms with E-state index in [1.165, 1.54) is 0 Å². The molecule has 5 heteroatoms. The fourth-order valence-corrected chi connectivity index (χ4v) is 3.74. The first-order valence-electron chi connectivity index (χ1n) is 8.63. The zero-order chi connectivity index (χ0) is 17.4. The molecular weight excluding hydrogens is 306 g/mol. The van der Waals surface area contributed by atoms with Crippen LogP contribution >= 0.6 is 0 Å². The molecule has 1 aliphatic heterocycles. The number of fused-ring (bicyclic) bond motifs is 1. The molecule has 24 heavy (non-hydrogen) atoms. The van der Waals surface area contributed by atoms with Gasteiger partial charge in [0.15, 0.2) is 0 Å². The average Bonchev–Trinajstić information content (AvgIpc) is 2.51. The van der Waals surface area contributed by atoms with Crippen LogP contribution in [0.1, 0.15) is 32.3 Å². The normalized spacial score (nSPS) is 25.8. The highest BCUT2D eigenvalue weighted by Crippen LogP contribution is 2.41. The van der Waals surface area contributed by atoms with E-state index >= 15 is 0 Å². The van der Waals surface area contributed by atoms with Crippen molar-refractivity contribution in [1.29, 1.82) is 0 Å². The number of carboxylic acids is 1. The summed E-state index contributed by atoms with van der Waals surface area (Å²) >= 11 is 0. The molecule has 130 valence electrons. The smallest absolute Gasteiger partial charge is 0.307 e. The predicted octanol–water partition coefficient (Wildman–Crippen LogP) is 2.97. The van der Waals surface area contributed by atoms with Crippen molar-refractivity contribution in [1.82, 2.24) is 0 Å². The fraction of sp³-hybridized carbons (Fsp3) is 0.579. The molecule has 1 amide bonds. The minimum absolute atomic E-state index is 0.0367. The topological polar surface area (TPSA) is 66.8 Å². The van der Waals surface area contributed by atoms with E-state index in [0.717, 1.165) is 23.4 Å². The number of nitrogens with zero attached hydrogens (tertiary/aromatic N) is 1. The third-order valence-corrected chi connectivity index (χ3v) is 5.59. The molecule has 0 spiro atoms. The molecular formula is C19H25NO4. The summed E-state index contributed by atoms with van der Waals surface area (Å²) < 4.78 is 5.32. The van der Waals surface area contributed by atoms with E-state index in [4.69, 9.17) is 4.74 Å². The van der Waals surface area contributed by atoms with Gasteiger partial charge in [0, 0.05) is 12.2 Å². The Bertz CT molecular complexity index is 655. The van der Waals surface area contributed by atoms with Crippen LogP contribution in [0.15, 0.2) is 18.2 Å². The number of hydrogen-bond donors (Lipinski definition) is 1. The Morgan fingerprint density at radius 3 is 2.50 bits per heavy atom. The zero-order valence-electron chi connectivity index (χ0n) is 14.5. The number of amides is 1. The summed E-state index contributed by atoms with van der Waals surface area (Å²) in [6, 6.07) is 5.79. The van der Waals surface area contributed by atoms with Crippen LogP contribution in [-0.4, -0.2) is 30.6 Å². The van der Waals surface area contributed by atoms with Crippen molar-refractivity contribution in [3.05, 3.63) is 23.8 Å². The molecule has 0 aromatic heterocycles. The summed E-state index contributed by atoms with van der Waals surface area (Å²) in [4.78, 5) is 26.1. The Hall–Kier alpha value is -2.04. The molecule has 1 aliphatic carbocycles. The third kappa shape index (κ3) is 2.87. The number of anilines is 1. The van der Waals surface area contributed by atoms with Crippen LogP contribution in [-0.2, 0) is 16.0 Å².